The molecule has 1 aliphatic heterocycles. The van der Waals surface area contributed by atoms with E-state index in [1.165, 1.54) is 25.3 Å². The SMILES string of the molecule is O=S(=O)(NCCCN1CCCCC1)c1ccc(F)cc1Cl. The number of sulfonamides is 1. The minimum absolute atomic E-state index is 0.0801. The first kappa shape index (κ1) is 16.7. The third-order valence-electron chi connectivity index (χ3n) is 3.58. The zero-order valence-corrected chi connectivity index (χ0v) is 13.4. The summed E-state index contributed by atoms with van der Waals surface area (Å²) in [4.78, 5) is 2.27. The van der Waals surface area contributed by atoms with Crippen LogP contribution in [0.15, 0.2) is 23.1 Å². The van der Waals surface area contributed by atoms with Crippen LogP contribution in [0.5, 0.6) is 0 Å². The Hall–Kier alpha value is -0.690. The van der Waals surface area contributed by atoms with Crippen molar-refractivity contribution in [2.24, 2.45) is 0 Å². The van der Waals surface area contributed by atoms with Crippen molar-refractivity contribution in [1.29, 1.82) is 0 Å². The highest BCUT2D eigenvalue weighted by molar-refractivity contribution is 7.89. The van der Waals surface area contributed by atoms with Crippen LogP contribution in [0.3, 0.4) is 0 Å². The molecule has 2 rings (SSSR count). The highest BCUT2D eigenvalue weighted by Gasteiger charge is 2.18. The van der Waals surface area contributed by atoms with Gasteiger partial charge in [0.1, 0.15) is 10.7 Å². The van der Waals surface area contributed by atoms with E-state index >= 15 is 0 Å². The van der Waals surface area contributed by atoms with Gasteiger partial charge in [-0.15, -0.1) is 0 Å². The fraction of sp³-hybridized carbons (Fsp3) is 0.571. The van der Waals surface area contributed by atoms with Crippen molar-refractivity contribution in [2.75, 3.05) is 26.2 Å². The summed E-state index contributed by atoms with van der Waals surface area (Å²) >= 11 is 5.78. The van der Waals surface area contributed by atoms with Crippen LogP contribution in [0.1, 0.15) is 25.7 Å². The summed E-state index contributed by atoms with van der Waals surface area (Å²) < 4.78 is 39.6. The first-order valence-electron chi connectivity index (χ1n) is 7.16. The van der Waals surface area contributed by atoms with Crippen molar-refractivity contribution in [3.8, 4) is 0 Å². The number of piperidine rings is 1. The zero-order valence-electron chi connectivity index (χ0n) is 11.8. The third kappa shape index (κ3) is 4.92. The highest BCUT2D eigenvalue weighted by Crippen LogP contribution is 2.21. The minimum Gasteiger partial charge on any atom is -0.303 e. The van der Waals surface area contributed by atoms with E-state index in [9.17, 15) is 12.8 Å². The van der Waals surface area contributed by atoms with E-state index in [-0.39, 0.29) is 9.92 Å². The lowest BCUT2D eigenvalue weighted by atomic mass is 10.1. The van der Waals surface area contributed by atoms with Crippen LogP contribution in [0, 0.1) is 5.82 Å². The molecule has 0 saturated carbocycles. The Bertz CT molecular complexity index is 574. The minimum atomic E-state index is -3.68. The molecule has 1 saturated heterocycles. The molecule has 0 radical (unpaired) electrons. The van der Waals surface area contributed by atoms with Crippen LogP contribution < -0.4 is 4.72 Å². The molecule has 1 aliphatic rings. The molecule has 0 aliphatic carbocycles. The van der Waals surface area contributed by atoms with Crippen LogP contribution >= 0.6 is 11.6 Å². The number of likely N-dealkylation sites (tertiary alicyclic amines) is 1. The van der Waals surface area contributed by atoms with Gasteiger partial charge in [-0.3, -0.25) is 0 Å². The maximum absolute atomic E-state index is 12.9. The molecular weight excluding hydrogens is 315 g/mol. The van der Waals surface area contributed by atoms with Gasteiger partial charge in [-0.25, -0.2) is 17.5 Å². The van der Waals surface area contributed by atoms with Crippen LogP contribution in [-0.4, -0.2) is 39.5 Å². The summed E-state index contributed by atoms with van der Waals surface area (Å²) in [7, 11) is -3.68. The lowest BCUT2D eigenvalue weighted by molar-refractivity contribution is 0.227. The predicted molar refractivity (Wildman–Crippen MR) is 81.5 cm³/mol. The van der Waals surface area contributed by atoms with E-state index < -0.39 is 15.8 Å². The van der Waals surface area contributed by atoms with Crippen molar-refractivity contribution in [1.82, 2.24) is 9.62 Å². The Morgan fingerprint density at radius 2 is 1.95 bits per heavy atom. The number of hydrogen-bond donors (Lipinski definition) is 1. The fourth-order valence-electron chi connectivity index (χ4n) is 2.46. The quantitative estimate of drug-likeness (QED) is 0.814. The average Bonchev–Trinajstić information content (AvgIpc) is 2.44. The Morgan fingerprint density at radius 3 is 2.62 bits per heavy atom. The summed E-state index contributed by atoms with van der Waals surface area (Å²) in [5.74, 6) is -0.552. The number of nitrogens with zero attached hydrogens (tertiary/aromatic N) is 1. The van der Waals surface area contributed by atoms with Crippen molar-refractivity contribution in [2.45, 2.75) is 30.6 Å². The Kier molecular flexibility index (Phi) is 5.98. The predicted octanol–water partition coefficient (Wildman–Crippen LogP) is 2.63. The maximum Gasteiger partial charge on any atom is 0.242 e. The molecular formula is C14H20ClFN2O2S. The van der Waals surface area contributed by atoms with Gasteiger partial charge in [0.2, 0.25) is 10.0 Å². The third-order valence-corrected chi connectivity index (χ3v) is 5.52. The van der Waals surface area contributed by atoms with Crippen LogP contribution in [0.25, 0.3) is 0 Å². The van der Waals surface area contributed by atoms with Crippen molar-refractivity contribution >= 4 is 21.6 Å². The summed E-state index contributed by atoms with van der Waals surface area (Å²) in [5, 5.41) is -0.0986. The molecule has 1 aromatic rings. The normalized spacial score (nSPS) is 17.0. The van der Waals surface area contributed by atoms with Crippen molar-refractivity contribution in [3.05, 3.63) is 29.0 Å². The van der Waals surface area contributed by atoms with E-state index in [4.69, 9.17) is 11.6 Å². The lowest BCUT2D eigenvalue weighted by Crippen LogP contribution is -2.33. The van der Waals surface area contributed by atoms with E-state index in [0.717, 1.165) is 38.2 Å². The molecule has 7 heteroatoms. The zero-order chi connectivity index (χ0) is 15.3. The Balaban J connectivity index is 1.83. The second-order valence-electron chi connectivity index (χ2n) is 5.23. The molecule has 0 spiro atoms. The number of rotatable bonds is 6. The number of nitrogens with one attached hydrogen (secondary N) is 1. The highest BCUT2D eigenvalue weighted by atomic mass is 35.5. The number of benzene rings is 1. The molecule has 0 aromatic heterocycles. The van der Waals surface area contributed by atoms with Gasteiger partial charge in [-0.05, 0) is 57.1 Å². The molecule has 118 valence electrons. The molecule has 0 atom stereocenters. The van der Waals surface area contributed by atoms with Crippen LogP contribution in [-0.2, 0) is 10.0 Å². The van der Waals surface area contributed by atoms with Gasteiger partial charge >= 0.3 is 0 Å². The van der Waals surface area contributed by atoms with E-state index in [1.54, 1.807) is 0 Å². The topological polar surface area (TPSA) is 49.4 Å². The second-order valence-corrected chi connectivity index (χ2v) is 7.37. The van der Waals surface area contributed by atoms with Crippen LogP contribution in [0.4, 0.5) is 4.39 Å². The molecule has 0 unspecified atom stereocenters. The Morgan fingerprint density at radius 1 is 1.24 bits per heavy atom. The largest absolute Gasteiger partial charge is 0.303 e. The van der Waals surface area contributed by atoms with Crippen LogP contribution in [0.2, 0.25) is 5.02 Å². The molecule has 1 aromatic carbocycles. The summed E-state index contributed by atoms with van der Waals surface area (Å²) in [6, 6.07) is 3.28. The summed E-state index contributed by atoms with van der Waals surface area (Å²) in [5.41, 5.74) is 0. The van der Waals surface area contributed by atoms with Gasteiger partial charge in [0, 0.05) is 6.54 Å². The number of hydrogen-bond acceptors (Lipinski definition) is 3. The van der Waals surface area contributed by atoms with E-state index in [2.05, 4.69) is 9.62 Å². The van der Waals surface area contributed by atoms with E-state index in [1.807, 2.05) is 0 Å². The first-order chi connectivity index (χ1) is 9.99. The maximum atomic E-state index is 12.9. The van der Waals surface area contributed by atoms with Crippen molar-refractivity contribution in [3.63, 3.8) is 0 Å². The van der Waals surface area contributed by atoms with Gasteiger partial charge in [0.25, 0.3) is 0 Å². The second kappa shape index (κ2) is 7.54. The smallest absolute Gasteiger partial charge is 0.242 e. The molecule has 21 heavy (non-hydrogen) atoms. The molecule has 1 N–H and O–H groups in total. The van der Waals surface area contributed by atoms with Crippen molar-refractivity contribution < 1.29 is 12.8 Å². The lowest BCUT2D eigenvalue weighted by Gasteiger charge is -2.26. The van der Waals surface area contributed by atoms with Gasteiger partial charge in [-0.1, -0.05) is 18.0 Å². The van der Waals surface area contributed by atoms with Gasteiger partial charge in [0.05, 0.1) is 5.02 Å². The molecule has 0 bridgehead atoms. The molecule has 0 amide bonds. The molecule has 4 nitrogen and oxygen atoms in total. The monoisotopic (exact) mass is 334 g/mol. The number of halogens is 2. The standard InChI is InChI=1S/C14H20ClFN2O2S/c15-13-11-12(16)5-6-14(13)21(19,20)17-7-4-10-18-8-2-1-3-9-18/h5-6,11,17H,1-4,7-10H2. The summed E-state index contributed by atoms with van der Waals surface area (Å²) in [6.45, 7) is 3.43. The average molecular weight is 335 g/mol. The Labute approximate surface area is 130 Å². The van der Waals surface area contributed by atoms with Gasteiger partial charge < -0.3 is 4.90 Å². The van der Waals surface area contributed by atoms with Gasteiger partial charge in [0.15, 0.2) is 0 Å². The fourth-order valence-corrected chi connectivity index (χ4v) is 4.07. The molecule has 1 fully saturated rings. The van der Waals surface area contributed by atoms with Gasteiger partial charge in [-0.2, -0.15) is 0 Å². The summed E-state index contributed by atoms with van der Waals surface area (Å²) in [6.07, 6.45) is 4.47. The first-order valence-corrected chi connectivity index (χ1v) is 9.02. The molecule has 1 heterocycles. The van der Waals surface area contributed by atoms with E-state index in [0.29, 0.717) is 6.54 Å².